The highest BCUT2D eigenvalue weighted by Gasteiger charge is 2.22. The molecule has 0 saturated carbocycles. The first kappa shape index (κ1) is 15.9. The first-order chi connectivity index (χ1) is 9.95. The van der Waals surface area contributed by atoms with Gasteiger partial charge in [-0.1, -0.05) is 15.9 Å². The van der Waals surface area contributed by atoms with Gasteiger partial charge in [0.2, 0.25) is 0 Å². The van der Waals surface area contributed by atoms with Crippen molar-refractivity contribution < 1.29 is 14.8 Å². The van der Waals surface area contributed by atoms with Crippen molar-refractivity contribution >= 4 is 27.6 Å². The van der Waals surface area contributed by atoms with Crippen LogP contribution in [0.4, 0.5) is 5.69 Å². The summed E-state index contributed by atoms with van der Waals surface area (Å²) in [7, 11) is 0. The van der Waals surface area contributed by atoms with Crippen LogP contribution in [-0.2, 0) is 11.3 Å². The molecular weight excluding hydrogens is 340 g/mol. The van der Waals surface area contributed by atoms with Gasteiger partial charge in [-0.2, -0.15) is 0 Å². The summed E-state index contributed by atoms with van der Waals surface area (Å²) in [5.74, 6) is -0.563. The van der Waals surface area contributed by atoms with Crippen LogP contribution in [0.3, 0.4) is 0 Å². The Bertz CT molecular complexity index is 550. The average Bonchev–Trinajstić information content (AvgIpc) is 2.40. The van der Waals surface area contributed by atoms with E-state index in [0.29, 0.717) is 6.54 Å². The Kier molecular flexibility index (Phi) is 5.30. The number of benzene rings is 1. The summed E-state index contributed by atoms with van der Waals surface area (Å²) in [5.41, 5.74) is 1.05. The number of non-ortho nitro benzene ring substituents is 1. The number of hydrogen-bond acceptors (Lipinski definition) is 4. The number of nitro groups is 1. The molecule has 1 saturated heterocycles. The fourth-order valence-corrected chi connectivity index (χ4v) is 3.22. The van der Waals surface area contributed by atoms with Crippen LogP contribution in [0.2, 0.25) is 0 Å². The third-order valence-corrected chi connectivity index (χ3v) is 4.45. The summed E-state index contributed by atoms with van der Waals surface area (Å²) in [6.45, 7) is 2.37. The molecule has 21 heavy (non-hydrogen) atoms. The van der Waals surface area contributed by atoms with E-state index in [1.807, 2.05) is 0 Å². The third kappa shape index (κ3) is 4.50. The van der Waals surface area contributed by atoms with E-state index in [9.17, 15) is 14.9 Å². The topological polar surface area (TPSA) is 83.7 Å². The van der Waals surface area contributed by atoms with E-state index >= 15 is 0 Å². The molecule has 1 N–H and O–H groups in total. The van der Waals surface area contributed by atoms with E-state index in [4.69, 9.17) is 5.11 Å². The largest absolute Gasteiger partial charge is 0.481 e. The summed E-state index contributed by atoms with van der Waals surface area (Å²) in [5, 5.41) is 19.6. The molecule has 114 valence electrons. The highest BCUT2D eigenvalue weighted by molar-refractivity contribution is 9.10. The van der Waals surface area contributed by atoms with Crippen LogP contribution in [0.25, 0.3) is 0 Å². The highest BCUT2D eigenvalue weighted by atomic mass is 79.9. The fraction of sp³-hybridized carbons (Fsp3) is 0.500. The number of piperidine rings is 1. The zero-order valence-electron chi connectivity index (χ0n) is 11.5. The predicted octanol–water partition coefficient (Wildman–Crippen LogP) is 3.04. The Morgan fingerprint density at radius 3 is 2.90 bits per heavy atom. The first-order valence-electron chi connectivity index (χ1n) is 6.82. The van der Waals surface area contributed by atoms with E-state index in [0.717, 1.165) is 36.0 Å². The second-order valence-corrected chi connectivity index (χ2v) is 6.23. The maximum atomic E-state index is 10.8. The predicted molar refractivity (Wildman–Crippen MR) is 81.1 cm³/mol. The average molecular weight is 357 g/mol. The first-order valence-corrected chi connectivity index (χ1v) is 7.62. The maximum absolute atomic E-state index is 10.8. The van der Waals surface area contributed by atoms with E-state index in [-0.39, 0.29) is 18.0 Å². The summed E-state index contributed by atoms with van der Waals surface area (Å²) < 4.78 is 0.719. The number of hydrogen-bond donors (Lipinski definition) is 1. The Labute approximate surface area is 131 Å². The van der Waals surface area contributed by atoms with Gasteiger partial charge in [0.25, 0.3) is 5.69 Å². The van der Waals surface area contributed by atoms with Crippen LogP contribution in [0.1, 0.15) is 24.8 Å². The van der Waals surface area contributed by atoms with Gasteiger partial charge in [0.1, 0.15) is 0 Å². The normalized spacial score (nSPS) is 19.4. The molecule has 0 aliphatic carbocycles. The van der Waals surface area contributed by atoms with Gasteiger partial charge in [0, 0.05) is 36.1 Å². The highest BCUT2D eigenvalue weighted by Crippen LogP contribution is 2.26. The minimum atomic E-state index is -0.752. The van der Waals surface area contributed by atoms with E-state index in [1.165, 1.54) is 12.1 Å². The minimum absolute atomic E-state index is 0.0630. The van der Waals surface area contributed by atoms with Gasteiger partial charge < -0.3 is 5.11 Å². The number of halogens is 1. The lowest BCUT2D eigenvalue weighted by Gasteiger charge is -2.32. The Morgan fingerprint density at radius 1 is 1.52 bits per heavy atom. The summed E-state index contributed by atoms with van der Waals surface area (Å²) in [4.78, 5) is 23.3. The number of carbonyl (C=O) groups is 1. The molecule has 1 aromatic carbocycles. The van der Waals surface area contributed by atoms with Crippen molar-refractivity contribution in [3.05, 3.63) is 38.3 Å². The molecule has 1 unspecified atom stereocenters. The molecule has 0 radical (unpaired) electrons. The van der Waals surface area contributed by atoms with Crippen LogP contribution in [0.15, 0.2) is 22.7 Å². The van der Waals surface area contributed by atoms with Crippen LogP contribution >= 0.6 is 15.9 Å². The van der Waals surface area contributed by atoms with Crippen molar-refractivity contribution in [2.24, 2.45) is 5.92 Å². The van der Waals surface area contributed by atoms with Crippen LogP contribution in [0.5, 0.6) is 0 Å². The molecule has 1 aliphatic heterocycles. The van der Waals surface area contributed by atoms with Gasteiger partial charge in [-0.15, -0.1) is 0 Å². The van der Waals surface area contributed by atoms with Crippen molar-refractivity contribution in [1.82, 2.24) is 4.90 Å². The van der Waals surface area contributed by atoms with Crippen molar-refractivity contribution in [3.63, 3.8) is 0 Å². The molecule has 0 aromatic heterocycles. The second kappa shape index (κ2) is 7.00. The van der Waals surface area contributed by atoms with Gasteiger partial charge in [0.15, 0.2) is 0 Å². The minimum Gasteiger partial charge on any atom is -0.481 e. The van der Waals surface area contributed by atoms with Crippen LogP contribution < -0.4 is 0 Å². The van der Waals surface area contributed by atoms with E-state index < -0.39 is 10.9 Å². The standard InChI is InChI=1S/C14H17BrN2O4/c15-13-7-12(17(20)21)4-3-11(13)9-16-5-1-2-10(8-16)6-14(18)19/h3-4,7,10H,1-2,5-6,8-9H2,(H,18,19). The number of rotatable bonds is 5. The van der Waals surface area contributed by atoms with E-state index in [1.54, 1.807) is 6.07 Å². The fourth-order valence-electron chi connectivity index (χ4n) is 2.73. The SMILES string of the molecule is O=C(O)CC1CCCN(Cc2ccc([N+](=O)[O-])cc2Br)C1. The quantitative estimate of drug-likeness (QED) is 0.647. The zero-order chi connectivity index (χ0) is 15.4. The molecule has 1 fully saturated rings. The Morgan fingerprint density at radius 2 is 2.29 bits per heavy atom. The third-order valence-electron chi connectivity index (χ3n) is 3.71. The number of nitro benzene ring substituents is 1. The summed E-state index contributed by atoms with van der Waals surface area (Å²) >= 11 is 3.37. The molecule has 7 heteroatoms. The Hall–Kier alpha value is -1.47. The smallest absolute Gasteiger partial charge is 0.303 e. The lowest BCUT2D eigenvalue weighted by Crippen LogP contribution is -2.35. The number of nitrogens with zero attached hydrogens (tertiary/aromatic N) is 2. The number of carboxylic acids is 1. The molecule has 1 heterocycles. The van der Waals surface area contributed by atoms with Crippen LogP contribution in [-0.4, -0.2) is 34.0 Å². The molecule has 1 aliphatic rings. The number of aliphatic carboxylic acids is 1. The number of likely N-dealkylation sites (tertiary alicyclic amines) is 1. The summed E-state index contributed by atoms with van der Waals surface area (Å²) in [6, 6.07) is 4.76. The molecule has 0 bridgehead atoms. The lowest BCUT2D eigenvalue weighted by atomic mass is 9.94. The van der Waals surface area contributed by atoms with Gasteiger partial charge >= 0.3 is 5.97 Å². The van der Waals surface area contributed by atoms with Gasteiger partial charge in [-0.25, -0.2) is 0 Å². The van der Waals surface area contributed by atoms with Gasteiger partial charge in [-0.3, -0.25) is 19.8 Å². The number of carboxylic acid groups (broad SMARTS) is 1. The zero-order valence-corrected chi connectivity index (χ0v) is 13.1. The van der Waals surface area contributed by atoms with Crippen molar-refractivity contribution in [2.45, 2.75) is 25.8 Å². The molecule has 0 amide bonds. The van der Waals surface area contributed by atoms with Gasteiger partial charge in [0.05, 0.1) is 4.92 Å². The summed E-state index contributed by atoms with van der Waals surface area (Å²) in [6.07, 6.45) is 2.14. The van der Waals surface area contributed by atoms with Crippen LogP contribution in [0, 0.1) is 16.0 Å². The molecule has 2 rings (SSSR count). The van der Waals surface area contributed by atoms with Gasteiger partial charge in [-0.05, 0) is 36.9 Å². The van der Waals surface area contributed by atoms with E-state index in [2.05, 4.69) is 20.8 Å². The van der Waals surface area contributed by atoms with Crippen molar-refractivity contribution in [1.29, 1.82) is 0 Å². The second-order valence-electron chi connectivity index (χ2n) is 5.37. The molecule has 6 nitrogen and oxygen atoms in total. The molecule has 1 atom stereocenters. The molecule has 0 spiro atoms. The van der Waals surface area contributed by atoms with Crippen molar-refractivity contribution in [3.8, 4) is 0 Å². The molecular formula is C14H17BrN2O4. The lowest BCUT2D eigenvalue weighted by molar-refractivity contribution is -0.384. The maximum Gasteiger partial charge on any atom is 0.303 e. The Balaban J connectivity index is 2.01. The molecule has 1 aromatic rings. The monoisotopic (exact) mass is 356 g/mol. The van der Waals surface area contributed by atoms with Crippen molar-refractivity contribution in [2.75, 3.05) is 13.1 Å².